The van der Waals surface area contributed by atoms with Crippen molar-refractivity contribution in [2.45, 2.75) is 13.5 Å². The van der Waals surface area contributed by atoms with E-state index in [0.717, 1.165) is 27.3 Å². The normalized spacial score (nSPS) is 10.3. The highest BCUT2D eigenvalue weighted by Crippen LogP contribution is 2.24. The van der Waals surface area contributed by atoms with Gasteiger partial charge in [0.2, 0.25) is 0 Å². The van der Waals surface area contributed by atoms with Crippen molar-refractivity contribution in [1.29, 1.82) is 0 Å². The zero-order chi connectivity index (χ0) is 13.8. The van der Waals surface area contributed by atoms with Gasteiger partial charge >= 0.3 is 0 Å². The van der Waals surface area contributed by atoms with Crippen LogP contribution in [0, 0.1) is 6.92 Å². The summed E-state index contributed by atoms with van der Waals surface area (Å²) >= 11 is 9.53. The van der Waals surface area contributed by atoms with Crippen LogP contribution in [0.5, 0.6) is 5.75 Å². The Morgan fingerprint density at radius 1 is 1.32 bits per heavy atom. The number of ether oxygens (including phenoxy) is 1. The predicted molar refractivity (Wildman–Crippen MR) is 82.0 cm³/mol. The summed E-state index contributed by atoms with van der Waals surface area (Å²) in [6.07, 6.45) is 0. The van der Waals surface area contributed by atoms with Gasteiger partial charge in [0.1, 0.15) is 18.2 Å². The van der Waals surface area contributed by atoms with Crippen molar-refractivity contribution in [3.05, 3.63) is 51.1 Å². The third-order valence-electron chi connectivity index (χ3n) is 2.68. The first kappa shape index (κ1) is 14.2. The van der Waals surface area contributed by atoms with Gasteiger partial charge in [-0.25, -0.2) is 4.98 Å². The summed E-state index contributed by atoms with van der Waals surface area (Å²) in [5.74, 6) is 1.60. The first-order valence-electron chi connectivity index (χ1n) is 5.82. The number of hydrogen-bond donors (Lipinski definition) is 1. The molecule has 2 rings (SSSR count). The lowest BCUT2D eigenvalue weighted by Gasteiger charge is -2.11. The minimum atomic E-state index is 0.344. The molecule has 0 saturated heterocycles. The van der Waals surface area contributed by atoms with E-state index in [9.17, 15) is 0 Å². The molecule has 0 fully saturated rings. The average Bonchev–Trinajstić information content (AvgIpc) is 2.39. The van der Waals surface area contributed by atoms with Crippen LogP contribution in [0.3, 0.4) is 0 Å². The van der Waals surface area contributed by atoms with Gasteiger partial charge in [-0.1, -0.05) is 27.5 Å². The third-order valence-corrected chi connectivity index (χ3v) is 3.51. The molecule has 1 aromatic carbocycles. The standard InChI is InChI=1S/C14H14BrClN2O/c1-9-7-10(15)3-5-13(9)19-8-12-11(16)4-6-14(17-2)18-12/h3-7H,8H2,1-2H3,(H,17,18). The van der Waals surface area contributed by atoms with Crippen molar-refractivity contribution in [1.82, 2.24) is 4.98 Å². The van der Waals surface area contributed by atoms with E-state index in [1.54, 1.807) is 0 Å². The van der Waals surface area contributed by atoms with Gasteiger partial charge in [-0.05, 0) is 42.8 Å². The summed E-state index contributed by atoms with van der Waals surface area (Å²) in [5, 5.41) is 3.59. The highest BCUT2D eigenvalue weighted by molar-refractivity contribution is 9.10. The molecule has 19 heavy (non-hydrogen) atoms. The van der Waals surface area contributed by atoms with E-state index >= 15 is 0 Å². The van der Waals surface area contributed by atoms with E-state index < -0.39 is 0 Å². The van der Waals surface area contributed by atoms with Crippen LogP contribution in [0.4, 0.5) is 5.82 Å². The molecular weight excluding hydrogens is 328 g/mol. The molecule has 0 amide bonds. The molecule has 1 aromatic heterocycles. The largest absolute Gasteiger partial charge is 0.487 e. The van der Waals surface area contributed by atoms with Crippen molar-refractivity contribution in [3.63, 3.8) is 0 Å². The number of hydrogen-bond acceptors (Lipinski definition) is 3. The van der Waals surface area contributed by atoms with Gasteiger partial charge < -0.3 is 10.1 Å². The van der Waals surface area contributed by atoms with Crippen LogP contribution in [-0.4, -0.2) is 12.0 Å². The van der Waals surface area contributed by atoms with Crippen molar-refractivity contribution in [3.8, 4) is 5.75 Å². The number of halogens is 2. The molecular formula is C14H14BrClN2O. The first-order valence-corrected chi connectivity index (χ1v) is 6.99. The number of nitrogens with one attached hydrogen (secondary N) is 1. The number of benzene rings is 1. The summed E-state index contributed by atoms with van der Waals surface area (Å²) in [5.41, 5.74) is 1.78. The van der Waals surface area contributed by atoms with Crippen molar-refractivity contribution < 1.29 is 4.74 Å². The van der Waals surface area contributed by atoms with Crippen LogP contribution in [-0.2, 0) is 6.61 Å². The molecule has 1 heterocycles. The topological polar surface area (TPSA) is 34.1 Å². The van der Waals surface area contributed by atoms with Gasteiger partial charge in [0.05, 0.1) is 10.7 Å². The zero-order valence-corrected chi connectivity index (χ0v) is 13.0. The van der Waals surface area contributed by atoms with Gasteiger partial charge in [0.15, 0.2) is 0 Å². The van der Waals surface area contributed by atoms with Gasteiger partial charge in [-0.2, -0.15) is 0 Å². The highest BCUT2D eigenvalue weighted by atomic mass is 79.9. The first-order chi connectivity index (χ1) is 9.10. The van der Waals surface area contributed by atoms with Crippen molar-refractivity contribution >= 4 is 33.3 Å². The molecule has 100 valence electrons. The maximum atomic E-state index is 6.11. The van der Waals surface area contributed by atoms with Crippen LogP contribution in [0.25, 0.3) is 0 Å². The van der Waals surface area contributed by atoms with E-state index in [0.29, 0.717) is 11.6 Å². The summed E-state index contributed by atoms with van der Waals surface area (Å²) < 4.78 is 6.80. The SMILES string of the molecule is CNc1ccc(Cl)c(COc2ccc(Br)cc2C)n1. The molecule has 0 aliphatic heterocycles. The van der Waals surface area contributed by atoms with Crippen molar-refractivity contribution in [2.24, 2.45) is 0 Å². The smallest absolute Gasteiger partial charge is 0.132 e. The molecule has 5 heteroatoms. The molecule has 0 aliphatic rings. The molecule has 0 atom stereocenters. The molecule has 2 aromatic rings. The number of aromatic nitrogens is 1. The van der Waals surface area contributed by atoms with Crippen LogP contribution in [0.1, 0.15) is 11.3 Å². The summed E-state index contributed by atoms with van der Waals surface area (Å²) in [6, 6.07) is 9.52. The molecule has 0 radical (unpaired) electrons. The minimum absolute atomic E-state index is 0.344. The monoisotopic (exact) mass is 340 g/mol. The van der Waals surface area contributed by atoms with Crippen LogP contribution >= 0.6 is 27.5 Å². The fourth-order valence-corrected chi connectivity index (χ4v) is 2.28. The molecule has 0 saturated carbocycles. The number of rotatable bonds is 4. The maximum absolute atomic E-state index is 6.11. The van der Waals surface area contributed by atoms with E-state index in [1.807, 2.05) is 44.3 Å². The van der Waals surface area contributed by atoms with Gasteiger partial charge in [0.25, 0.3) is 0 Å². The molecule has 3 nitrogen and oxygen atoms in total. The summed E-state index contributed by atoms with van der Waals surface area (Å²) in [7, 11) is 1.82. The van der Waals surface area contributed by atoms with E-state index in [2.05, 4.69) is 26.2 Å². The number of aryl methyl sites for hydroxylation is 1. The Bertz CT molecular complexity index is 590. The van der Waals surface area contributed by atoms with E-state index in [-0.39, 0.29) is 0 Å². The molecule has 0 unspecified atom stereocenters. The van der Waals surface area contributed by atoms with Gasteiger partial charge in [0, 0.05) is 11.5 Å². The third kappa shape index (κ3) is 3.61. The van der Waals surface area contributed by atoms with Gasteiger partial charge in [-0.15, -0.1) is 0 Å². The number of pyridine rings is 1. The Kier molecular flexibility index (Phi) is 4.66. The van der Waals surface area contributed by atoms with E-state index in [1.165, 1.54) is 0 Å². The fourth-order valence-electron chi connectivity index (χ4n) is 1.65. The van der Waals surface area contributed by atoms with Gasteiger partial charge in [-0.3, -0.25) is 0 Å². The zero-order valence-electron chi connectivity index (χ0n) is 10.7. The van der Waals surface area contributed by atoms with Crippen LogP contribution < -0.4 is 10.1 Å². The quantitative estimate of drug-likeness (QED) is 0.893. The number of nitrogens with zero attached hydrogens (tertiary/aromatic N) is 1. The second-order valence-corrected chi connectivity index (χ2v) is 5.40. The summed E-state index contributed by atoms with van der Waals surface area (Å²) in [6.45, 7) is 2.34. The Hall–Kier alpha value is -1.26. The second-order valence-electron chi connectivity index (χ2n) is 4.07. The Morgan fingerprint density at radius 2 is 2.11 bits per heavy atom. The average molecular weight is 342 g/mol. The lowest BCUT2D eigenvalue weighted by molar-refractivity contribution is 0.299. The van der Waals surface area contributed by atoms with Crippen molar-refractivity contribution in [2.75, 3.05) is 12.4 Å². The molecule has 0 bridgehead atoms. The molecule has 0 spiro atoms. The van der Waals surface area contributed by atoms with Crippen LogP contribution in [0.2, 0.25) is 5.02 Å². The fraction of sp³-hybridized carbons (Fsp3) is 0.214. The Morgan fingerprint density at radius 3 is 2.79 bits per heavy atom. The summed E-state index contributed by atoms with van der Waals surface area (Å²) in [4.78, 5) is 4.38. The molecule has 0 aliphatic carbocycles. The highest BCUT2D eigenvalue weighted by Gasteiger charge is 2.06. The predicted octanol–water partition coefficient (Wildman–Crippen LogP) is 4.43. The minimum Gasteiger partial charge on any atom is -0.487 e. The van der Waals surface area contributed by atoms with E-state index in [4.69, 9.17) is 16.3 Å². The Labute approximate surface area is 126 Å². The number of anilines is 1. The Balaban J connectivity index is 2.14. The second kappa shape index (κ2) is 6.26. The molecule has 1 N–H and O–H groups in total. The lowest BCUT2D eigenvalue weighted by atomic mass is 10.2. The lowest BCUT2D eigenvalue weighted by Crippen LogP contribution is -2.02. The maximum Gasteiger partial charge on any atom is 0.132 e. The van der Waals surface area contributed by atoms with Crippen LogP contribution in [0.15, 0.2) is 34.8 Å².